The topological polar surface area (TPSA) is 55.8 Å². The van der Waals surface area contributed by atoms with Crippen LogP contribution in [0.3, 0.4) is 0 Å². The number of carbonyl (C=O) groups excluding carboxylic acids is 1. The number of aliphatic hydroxyl groups excluding tert-OH is 1. The number of ether oxygens (including phenoxy) is 2. The second kappa shape index (κ2) is 3.69. The van der Waals surface area contributed by atoms with Crippen molar-refractivity contribution in [2.75, 3.05) is 6.61 Å². The molecule has 0 aliphatic carbocycles. The normalized spacial score (nSPS) is 33.3. The molecule has 0 unspecified atom stereocenters. The Morgan fingerprint density at radius 2 is 2.55 bits per heavy atom. The van der Waals surface area contributed by atoms with Crippen molar-refractivity contribution in [2.45, 2.75) is 25.7 Å². The summed E-state index contributed by atoms with van der Waals surface area (Å²) in [5, 5.41) is 9.17. The molecule has 0 radical (unpaired) electrons. The van der Waals surface area contributed by atoms with E-state index in [1.54, 1.807) is 6.92 Å². The number of aliphatic hydroxyl groups is 1. The van der Waals surface area contributed by atoms with E-state index in [-0.39, 0.29) is 12.0 Å². The lowest BCUT2D eigenvalue weighted by molar-refractivity contribution is -0.144. The molecule has 1 heterocycles. The van der Waals surface area contributed by atoms with Crippen LogP contribution in [-0.4, -0.2) is 30.6 Å². The summed E-state index contributed by atoms with van der Waals surface area (Å²) in [6.45, 7) is 2.69. The van der Waals surface area contributed by atoms with Gasteiger partial charge in [0.05, 0.1) is 6.61 Å². The van der Waals surface area contributed by atoms with Crippen LogP contribution < -0.4 is 0 Å². The molecule has 64 valence electrons. The molecule has 0 aromatic carbocycles. The Hall–Kier alpha value is -0.610. The first-order valence-electron chi connectivity index (χ1n) is 3.64. The minimum atomic E-state index is -0.773. The summed E-state index contributed by atoms with van der Waals surface area (Å²) in [6, 6.07) is 0. The smallest absolute Gasteiger partial charge is 0.293 e. The zero-order chi connectivity index (χ0) is 8.27. The Kier molecular flexibility index (Phi) is 2.84. The SMILES string of the molecule is C[C@H](OC=O)[C@@H]1CCO[C@@H]1O. The molecule has 1 aliphatic rings. The molecular weight excluding hydrogens is 148 g/mol. The largest absolute Gasteiger partial charge is 0.464 e. The van der Waals surface area contributed by atoms with Crippen LogP contribution in [0.1, 0.15) is 13.3 Å². The highest BCUT2D eigenvalue weighted by Crippen LogP contribution is 2.23. The van der Waals surface area contributed by atoms with E-state index in [2.05, 4.69) is 4.74 Å². The van der Waals surface area contributed by atoms with Crippen LogP contribution in [0.15, 0.2) is 0 Å². The van der Waals surface area contributed by atoms with Gasteiger partial charge in [-0.25, -0.2) is 0 Å². The fraction of sp³-hybridized carbons (Fsp3) is 0.857. The molecule has 0 bridgehead atoms. The van der Waals surface area contributed by atoms with Gasteiger partial charge in [-0.1, -0.05) is 0 Å². The van der Waals surface area contributed by atoms with Crippen molar-refractivity contribution in [3.8, 4) is 0 Å². The first-order valence-corrected chi connectivity index (χ1v) is 3.64. The first-order chi connectivity index (χ1) is 5.25. The number of hydrogen-bond acceptors (Lipinski definition) is 4. The van der Waals surface area contributed by atoms with Gasteiger partial charge in [0, 0.05) is 5.92 Å². The fourth-order valence-electron chi connectivity index (χ4n) is 1.25. The number of rotatable bonds is 3. The number of hydrogen-bond donors (Lipinski definition) is 1. The summed E-state index contributed by atoms with van der Waals surface area (Å²) in [5.74, 6) is -0.0693. The minimum Gasteiger partial charge on any atom is -0.464 e. The van der Waals surface area contributed by atoms with Crippen LogP contribution in [0.5, 0.6) is 0 Å². The zero-order valence-electron chi connectivity index (χ0n) is 6.40. The van der Waals surface area contributed by atoms with E-state index in [0.29, 0.717) is 13.1 Å². The van der Waals surface area contributed by atoms with Crippen LogP contribution in [0.2, 0.25) is 0 Å². The molecule has 1 N–H and O–H groups in total. The van der Waals surface area contributed by atoms with Crippen LogP contribution >= 0.6 is 0 Å². The molecule has 0 saturated carbocycles. The molecule has 0 aromatic heterocycles. The Labute approximate surface area is 65.1 Å². The van der Waals surface area contributed by atoms with E-state index >= 15 is 0 Å². The molecule has 4 nitrogen and oxygen atoms in total. The van der Waals surface area contributed by atoms with Gasteiger partial charge < -0.3 is 14.6 Å². The maximum Gasteiger partial charge on any atom is 0.293 e. The summed E-state index contributed by atoms with van der Waals surface area (Å²) in [5.41, 5.74) is 0. The first kappa shape index (κ1) is 8.49. The van der Waals surface area contributed by atoms with Gasteiger partial charge in [-0.3, -0.25) is 4.79 Å². The van der Waals surface area contributed by atoms with Crippen LogP contribution in [-0.2, 0) is 14.3 Å². The van der Waals surface area contributed by atoms with Crippen LogP contribution in [0.25, 0.3) is 0 Å². The average Bonchev–Trinajstić information content (AvgIpc) is 2.36. The highest BCUT2D eigenvalue weighted by atomic mass is 16.6. The van der Waals surface area contributed by atoms with Gasteiger partial charge >= 0.3 is 0 Å². The highest BCUT2D eigenvalue weighted by Gasteiger charge is 2.31. The molecular formula is C7H12O4. The lowest BCUT2D eigenvalue weighted by atomic mass is 10.0. The van der Waals surface area contributed by atoms with Crippen molar-refractivity contribution in [1.82, 2.24) is 0 Å². The molecule has 3 atom stereocenters. The summed E-state index contributed by atoms with van der Waals surface area (Å²) in [6.07, 6.45) is -0.286. The second-order valence-corrected chi connectivity index (χ2v) is 2.65. The Bertz CT molecular complexity index is 136. The number of carbonyl (C=O) groups is 1. The molecule has 0 amide bonds. The van der Waals surface area contributed by atoms with Gasteiger partial charge in [0.15, 0.2) is 6.29 Å². The Morgan fingerprint density at radius 1 is 1.82 bits per heavy atom. The second-order valence-electron chi connectivity index (χ2n) is 2.65. The molecule has 1 aliphatic heterocycles. The molecule has 1 fully saturated rings. The molecule has 4 heteroatoms. The molecule has 0 spiro atoms. The summed E-state index contributed by atoms with van der Waals surface area (Å²) >= 11 is 0. The van der Waals surface area contributed by atoms with Crippen molar-refractivity contribution in [3.05, 3.63) is 0 Å². The van der Waals surface area contributed by atoms with Crippen molar-refractivity contribution in [1.29, 1.82) is 0 Å². The lowest BCUT2D eigenvalue weighted by Gasteiger charge is -2.18. The zero-order valence-corrected chi connectivity index (χ0v) is 6.40. The van der Waals surface area contributed by atoms with E-state index in [1.807, 2.05) is 0 Å². The third-order valence-electron chi connectivity index (χ3n) is 1.98. The molecule has 1 saturated heterocycles. The summed E-state index contributed by atoms with van der Waals surface area (Å²) < 4.78 is 9.57. The van der Waals surface area contributed by atoms with Crippen molar-refractivity contribution in [2.24, 2.45) is 5.92 Å². The monoisotopic (exact) mass is 160 g/mol. The molecule has 1 rings (SSSR count). The quantitative estimate of drug-likeness (QED) is 0.586. The van der Waals surface area contributed by atoms with Gasteiger partial charge in [-0.15, -0.1) is 0 Å². The third kappa shape index (κ3) is 1.91. The van der Waals surface area contributed by atoms with Gasteiger partial charge in [-0.2, -0.15) is 0 Å². The van der Waals surface area contributed by atoms with Crippen molar-refractivity contribution in [3.63, 3.8) is 0 Å². The summed E-state index contributed by atoms with van der Waals surface area (Å²) in [7, 11) is 0. The standard InChI is InChI=1S/C7H12O4/c1-5(11-4-8)6-2-3-10-7(6)9/h4-7,9H,2-3H2,1H3/t5-,6-,7-/m0/s1. The Balaban J connectivity index is 2.38. The van der Waals surface area contributed by atoms with Gasteiger partial charge in [0.25, 0.3) is 6.47 Å². The van der Waals surface area contributed by atoms with Gasteiger partial charge in [0.1, 0.15) is 6.10 Å². The van der Waals surface area contributed by atoms with Crippen LogP contribution in [0, 0.1) is 5.92 Å². The van der Waals surface area contributed by atoms with E-state index < -0.39 is 6.29 Å². The van der Waals surface area contributed by atoms with E-state index in [9.17, 15) is 4.79 Å². The van der Waals surface area contributed by atoms with Gasteiger partial charge in [0.2, 0.25) is 0 Å². The fourth-order valence-corrected chi connectivity index (χ4v) is 1.25. The van der Waals surface area contributed by atoms with E-state index in [1.165, 1.54) is 0 Å². The summed E-state index contributed by atoms with van der Waals surface area (Å²) in [4.78, 5) is 9.93. The predicted octanol–water partition coefficient (Wildman–Crippen LogP) is -0.0972. The van der Waals surface area contributed by atoms with Crippen molar-refractivity contribution < 1.29 is 19.4 Å². The third-order valence-corrected chi connectivity index (χ3v) is 1.98. The van der Waals surface area contributed by atoms with Crippen molar-refractivity contribution >= 4 is 6.47 Å². The Morgan fingerprint density at radius 3 is 3.00 bits per heavy atom. The van der Waals surface area contributed by atoms with Crippen LogP contribution in [0.4, 0.5) is 0 Å². The van der Waals surface area contributed by atoms with E-state index in [4.69, 9.17) is 9.84 Å². The highest BCUT2D eigenvalue weighted by molar-refractivity contribution is 5.37. The minimum absolute atomic E-state index is 0.0693. The van der Waals surface area contributed by atoms with Gasteiger partial charge in [-0.05, 0) is 13.3 Å². The molecule has 11 heavy (non-hydrogen) atoms. The average molecular weight is 160 g/mol. The maximum atomic E-state index is 9.93. The van der Waals surface area contributed by atoms with E-state index in [0.717, 1.165) is 6.42 Å². The maximum absolute atomic E-state index is 9.93. The molecule has 0 aromatic rings. The predicted molar refractivity (Wildman–Crippen MR) is 36.7 cm³/mol. The lowest BCUT2D eigenvalue weighted by Crippen LogP contribution is -2.27.